The van der Waals surface area contributed by atoms with Gasteiger partial charge in [-0.2, -0.15) is 0 Å². The van der Waals surface area contributed by atoms with E-state index < -0.39 is 0 Å². The van der Waals surface area contributed by atoms with E-state index in [1.807, 2.05) is 0 Å². The molecular formula is C16H26N2O. The van der Waals surface area contributed by atoms with Gasteiger partial charge in [0.15, 0.2) is 0 Å². The number of hydrogen-bond acceptors (Lipinski definition) is 3. The van der Waals surface area contributed by atoms with E-state index in [0.717, 1.165) is 32.8 Å². The van der Waals surface area contributed by atoms with Gasteiger partial charge in [0, 0.05) is 32.3 Å². The third-order valence-corrected chi connectivity index (χ3v) is 4.09. The highest BCUT2D eigenvalue weighted by Crippen LogP contribution is 2.30. The van der Waals surface area contributed by atoms with Crippen LogP contribution in [-0.4, -0.2) is 43.8 Å². The van der Waals surface area contributed by atoms with Gasteiger partial charge in [-0.3, -0.25) is 4.90 Å². The van der Waals surface area contributed by atoms with Crippen molar-refractivity contribution < 1.29 is 4.74 Å². The number of hydrogen-bond donors (Lipinski definition) is 1. The van der Waals surface area contributed by atoms with Gasteiger partial charge >= 0.3 is 0 Å². The Labute approximate surface area is 116 Å². The quantitative estimate of drug-likeness (QED) is 0.824. The van der Waals surface area contributed by atoms with Crippen LogP contribution in [0.5, 0.6) is 0 Å². The number of rotatable bonds is 5. The second-order valence-electron chi connectivity index (χ2n) is 5.56. The zero-order chi connectivity index (χ0) is 13.7. The molecular weight excluding hydrogens is 236 g/mol. The molecule has 0 amide bonds. The van der Waals surface area contributed by atoms with E-state index in [9.17, 15) is 0 Å². The maximum atomic E-state index is 5.54. The zero-order valence-corrected chi connectivity index (χ0v) is 12.4. The van der Waals surface area contributed by atoms with E-state index in [1.165, 1.54) is 5.56 Å². The first-order chi connectivity index (χ1) is 9.16. The summed E-state index contributed by atoms with van der Waals surface area (Å²) in [4.78, 5) is 2.55. The summed E-state index contributed by atoms with van der Waals surface area (Å²) in [5, 5.41) is 3.61. The minimum Gasteiger partial charge on any atom is -0.380 e. The van der Waals surface area contributed by atoms with Crippen molar-refractivity contribution in [1.82, 2.24) is 10.2 Å². The van der Waals surface area contributed by atoms with Crippen molar-refractivity contribution in [2.45, 2.75) is 32.4 Å². The number of piperazine rings is 1. The SMILES string of the molecule is CCOCCN1CC(C)NCC1(C)c1ccccc1. The molecule has 2 rings (SSSR count). The van der Waals surface area contributed by atoms with Crippen LogP contribution in [0, 0.1) is 0 Å². The molecule has 1 aliphatic rings. The maximum absolute atomic E-state index is 5.54. The molecule has 0 aliphatic carbocycles. The molecule has 106 valence electrons. The normalized spacial score (nSPS) is 28.5. The predicted molar refractivity (Wildman–Crippen MR) is 79.3 cm³/mol. The Hall–Kier alpha value is -0.900. The first kappa shape index (κ1) is 14.5. The van der Waals surface area contributed by atoms with Crippen LogP contribution in [-0.2, 0) is 10.3 Å². The fourth-order valence-corrected chi connectivity index (χ4v) is 2.82. The van der Waals surface area contributed by atoms with E-state index in [2.05, 4.69) is 61.3 Å². The van der Waals surface area contributed by atoms with Gasteiger partial charge < -0.3 is 10.1 Å². The van der Waals surface area contributed by atoms with Crippen LogP contribution in [0.4, 0.5) is 0 Å². The van der Waals surface area contributed by atoms with Crippen molar-refractivity contribution >= 4 is 0 Å². The van der Waals surface area contributed by atoms with E-state index in [4.69, 9.17) is 4.74 Å². The number of benzene rings is 1. The van der Waals surface area contributed by atoms with Crippen molar-refractivity contribution in [3.63, 3.8) is 0 Å². The molecule has 1 N–H and O–H groups in total. The van der Waals surface area contributed by atoms with Crippen molar-refractivity contribution in [2.75, 3.05) is 32.8 Å². The van der Waals surface area contributed by atoms with Crippen molar-refractivity contribution in [2.24, 2.45) is 0 Å². The molecule has 0 radical (unpaired) electrons. The van der Waals surface area contributed by atoms with Crippen LogP contribution in [0.1, 0.15) is 26.3 Å². The molecule has 2 unspecified atom stereocenters. The largest absolute Gasteiger partial charge is 0.380 e. The molecule has 3 nitrogen and oxygen atoms in total. The number of ether oxygens (including phenoxy) is 1. The molecule has 0 spiro atoms. The summed E-state index contributed by atoms with van der Waals surface area (Å²) in [7, 11) is 0. The molecule has 19 heavy (non-hydrogen) atoms. The Kier molecular flexibility index (Phi) is 4.97. The Morgan fingerprint density at radius 3 is 2.79 bits per heavy atom. The molecule has 1 aromatic rings. The maximum Gasteiger partial charge on any atom is 0.0593 e. The molecule has 0 aromatic heterocycles. The lowest BCUT2D eigenvalue weighted by Crippen LogP contribution is -2.61. The molecule has 1 saturated heterocycles. The smallest absolute Gasteiger partial charge is 0.0593 e. The highest BCUT2D eigenvalue weighted by Gasteiger charge is 2.37. The van der Waals surface area contributed by atoms with Crippen LogP contribution < -0.4 is 5.32 Å². The second kappa shape index (κ2) is 6.51. The van der Waals surface area contributed by atoms with E-state index >= 15 is 0 Å². The van der Waals surface area contributed by atoms with Gasteiger partial charge in [0.1, 0.15) is 0 Å². The third kappa shape index (κ3) is 3.35. The standard InChI is InChI=1S/C16H26N2O/c1-4-19-11-10-18-12-14(2)17-13-16(18,3)15-8-6-5-7-9-15/h5-9,14,17H,4,10-13H2,1-3H3. The van der Waals surface area contributed by atoms with Gasteiger partial charge in [-0.05, 0) is 26.3 Å². The predicted octanol–water partition coefficient (Wildman–Crippen LogP) is 2.23. The van der Waals surface area contributed by atoms with E-state index in [1.54, 1.807) is 0 Å². The summed E-state index contributed by atoms with van der Waals surface area (Å²) in [6.07, 6.45) is 0. The summed E-state index contributed by atoms with van der Waals surface area (Å²) in [5.41, 5.74) is 1.44. The van der Waals surface area contributed by atoms with Gasteiger partial charge in [-0.25, -0.2) is 0 Å². The second-order valence-corrected chi connectivity index (χ2v) is 5.56. The average molecular weight is 262 g/mol. The molecule has 0 bridgehead atoms. The first-order valence-electron chi connectivity index (χ1n) is 7.28. The van der Waals surface area contributed by atoms with Crippen LogP contribution in [0.25, 0.3) is 0 Å². The lowest BCUT2D eigenvalue weighted by molar-refractivity contribution is 0.0217. The fraction of sp³-hybridized carbons (Fsp3) is 0.625. The molecule has 0 saturated carbocycles. The lowest BCUT2D eigenvalue weighted by Gasteiger charge is -2.48. The molecule has 1 aromatic carbocycles. The van der Waals surface area contributed by atoms with Gasteiger partial charge in [0.25, 0.3) is 0 Å². The third-order valence-electron chi connectivity index (χ3n) is 4.09. The van der Waals surface area contributed by atoms with Crippen molar-refractivity contribution in [1.29, 1.82) is 0 Å². The molecule has 3 heteroatoms. The fourth-order valence-electron chi connectivity index (χ4n) is 2.82. The Balaban J connectivity index is 2.14. The number of nitrogens with one attached hydrogen (secondary N) is 1. The van der Waals surface area contributed by atoms with Crippen LogP contribution >= 0.6 is 0 Å². The summed E-state index contributed by atoms with van der Waals surface area (Å²) in [6.45, 7) is 11.3. The Morgan fingerprint density at radius 2 is 2.11 bits per heavy atom. The molecule has 2 atom stereocenters. The van der Waals surface area contributed by atoms with Crippen LogP contribution in [0.15, 0.2) is 30.3 Å². The zero-order valence-electron chi connectivity index (χ0n) is 12.4. The van der Waals surface area contributed by atoms with E-state index in [-0.39, 0.29) is 5.54 Å². The van der Waals surface area contributed by atoms with E-state index in [0.29, 0.717) is 6.04 Å². The highest BCUT2D eigenvalue weighted by atomic mass is 16.5. The van der Waals surface area contributed by atoms with Gasteiger partial charge in [0.05, 0.1) is 12.1 Å². The summed E-state index contributed by atoms with van der Waals surface area (Å²) in [6, 6.07) is 11.3. The topological polar surface area (TPSA) is 24.5 Å². The summed E-state index contributed by atoms with van der Waals surface area (Å²) < 4.78 is 5.54. The van der Waals surface area contributed by atoms with Crippen molar-refractivity contribution in [3.8, 4) is 0 Å². The molecule has 1 fully saturated rings. The minimum absolute atomic E-state index is 0.0604. The highest BCUT2D eigenvalue weighted by molar-refractivity contribution is 5.25. The van der Waals surface area contributed by atoms with Gasteiger partial charge in [-0.15, -0.1) is 0 Å². The minimum atomic E-state index is 0.0604. The van der Waals surface area contributed by atoms with Gasteiger partial charge in [-0.1, -0.05) is 30.3 Å². The van der Waals surface area contributed by atoms with Gasteiger partial charge in [0.2, 0.25) is 0 Å². The Bertz CT molecular complexity index is 382. The summed E-state index contributed by atoms with van der Waals surface area (Å²) in [5.74, 6) is 0. The van der Waals surface area contributed by atoms with Crippen LogP contribution in [0.3, 0.4) is 0 Å². The van der Waals surface area contributed by atoms with Crippen LogP contribution in [0.2, 0.25) is 0 Å². The first-order valence-corrected chi connectivity index (χ1v) is 7.28. The number of nitrogens with zero attached hydrogens (tertiary/aromatic N) is 1. The average Bonchev–Trinajstić information content (AvgIpc) is 2.44. The molecule has 1 aliphatic heterocycles. The monoisotopic (exact) mass is 262 g/mol. The lowest BCUT2D eigenvalue weighted by atomic mass is 9.87. The molecule has 1 heterocycles. The Morgan fingerprint density at radius 1 is 1.37 bits per heavy atom. The summed E-state index contributed by atoms with van der Waals surface area (Å²) >= 11 is 0. The van der Waals surface area contributed by atoms with Crippen molar-refractivity contribution in [3.05, 3.63) is 35.9 Å².